The van der Waals surface area contributed by atoms with Crippen molar-refractivity contribution >= 4 is 5.95 Å². The molecule has 0 aliphatic heterocycles. The van der Waals surface area contributed by atoms with Gasteiger partial charge in [-0.3, -0.25) is 0 Å². The molecule has 1 N–H and O–H groups in total. The Morgan fingerprint density at radius 2 is 2.06 bits per heavy atom. The van der Waals surface area contributed by atoms with Gasteiger partial charge in [-0.15, -0.1) is 0 Å². The van der Waals surface area contributed by atoms with Crippen LogP contribution in [-0.2, 0) is 6.54 Å². The number of imidazole rings is 1. The first-order chi connectivity index (χ1) is 7.58. The van der Waals surface area contributed by atoms with Gasteiger partial charge in [-0.1, -0.05) is 27.7 Å². The largest absolute Gasteiger partial charge is 0.353 e. The average molecular weight is 223 g/mol. The van der Waals surface area contributed by atoms with E-state index in [9.17, 15) is 0 Å². The predicted molar refractivity (Wildman–Crippen MR) is 69.8 cm³/mol. The minimum absolute atomic E-state index is 0.511. The Kier molecular flexibility index (Phi) is 4.84. The molecule has 1 aromatic heterocycles. The minimum Gasteiger partial charge on any atom is -0.353 e. The number of hydrogen-bond donors (Lipinski definition) is 1. The van der Waals surface area contributed by atoms with Crippen LogP contribution in [0.2, 0.25) is 0 Å². The highest BCUT2D eigenvalue weighted by Gasteiger charge is 2.13. The van der Waals surface area contributed by atoms with Gasteiger partial charge in [-0.25, -0.2) is 4.98 Å². The third-order valence-electron chi connectivity index (χ3n) is 2.92. The molecule has 0 spiro atoms. The van der Waals surface area contributed by atoms with Crippen molar-refractivity contribution in [2.24, 2.45) is 5.92 Å². The van der Waals surface area contributed by atoms with E-state index in [1.54, 1.807) is 0 Å². The third kappa shape index (κ3) is 3.26. The Bertz CT molecular complexity index is 315. The Labute approximate surface area is 99.3 Å². The van der Waals surface area contributed by atoms with Gasteiger partial charge in [0.15, 0.2) is 0 Å². The molecule has 1 rings (SSSR count). The van der Waals surface area contributed by atoms with Gasteiger partial charge in [0.05, 0.1) is 5.69 Å². The van der Waals surface area contributed by atoms with E-state index < -0.39 is 0 Å². The summed E-state index contributed by atoms with van der Waals surface area (Å²) < 4.78 is 2.22. The van der Waals surface area contributed by atoms with Crippen molar-refractivity contribution in [3.05, 3.63) is 11.9 Å². The molecule has 0 radical (unpaired) electrons. The van der Waals surface area contributed by atoms with Crippen molar-refractivity contribution in [3.8, 4) is 0 Å². The lowest BCUT2D eigenvalue weighted by Gasteiger charge is -2.21. The van der Waals surface area contributed by atoms with E-state index in [2.05, 4.69) is 48.8 Å². The molecule has 0 aromatic carbocycles. The summed E-state index contributed by atoms with van der Waals surface area (Å²) in [5.41, 5.74) is 1.09. The van der Waals surface area contributed by atoms with Gasteiger partial charge in [-0.2, -0.15) is 0 Å². The predicted octanol–water partition coefficient (Wildman–Crippen LogP) is 3.45. The number of aryl methyl sites for hydroxylation is 2. The lowest BCUT2D eigenvalue weighted by atomic mass is 10.0. The van der Waals surface area contributed by atoms with Crippen LogP contribution in [0.3, 0.4) is 0 Å². The molecule has 1 unspecified atom stereocenters. The maximum absolute atomic E-state index is 4.55. The highest BCUT2D eigenvalue weighted by molar-refractivity contribution is 5.30. The van der Waals surface area contributed by atoms with Crippen LogP contribution in [0.25, 0.3) is 0 Å². The molecule has 1 atom stereocenters. The van der Waals surface area contributed by atoms with Crippen molar-refractivity contribution < 1.29 is 0 Å². The summed E-state index contributed by atoms with van der Waals surface area (Å²) in [6.45, 7) is 12.0. The molecule has 1 heterocycles. The SMILES string of the molecule is CCCn1cc(C)nc1NC(CC)C(C)C. The van der Waals surface area contributed by atoms with Crippen LogP contribution in [0.5, 0.6) is 0 Å². The molecule has 0 saturated carbocycles. The van der Waals surface area contributed by atoms with E-state index in [1.165, 1.54) is 0 Å². The quantitative estimate of drug-likeness (QED) is 0.800. The molecule has 0 fully saturated rings. The summed E-state index contributed by atoms with van der Waals surface area (Å²) in [6.07, 6.45) is 4.40. The van der Waals surface area contributed by atoms with Gasteiger partial charge in [-0.05, 0) is 25.7 Å². The highest BCUT2D eigenvalue weighted by Crippen LogP contribution is 2.15. The minimum atomic E-state index is 0.511. The van der Waals surface area contributed by atoms with Crippen LogP contribution in [-0.4, -0.2) is 15.6 Å². The van der Waals surface area contributed by atoms with Crippen LogP contribution in [0.15, 0.2) is 6.20 Å². The Morgan fingerprint density at radius 1 is 1.38 bits per heavy atom. The number of aromatic nitrogens is 2. The Morgan fingerprint density at radius 3 is 2.56 bits per heavy atom. The van der Waals surface area contributed by atoms with E-state index in [0.717, 1.165) is 31.0 Å². The van der Waals surface area contributed by atoms with Gasteiger partial charge in [0, 0.05) is 18.8 Å². The zero-order valence-corrected chi connectivity index (χ0v) is 11.2. The van der Waals surface area contributed by atoms with Crippen molar-refractivity contribution in [2.45, 2.75) is 60.0 Å². The highest BCUT2D eigenvalue weighted by atomic mass is 15.2. The molecule has 0 amide bonds. The molecule has 0 saturated heterocycles. The summed E-state index contributed by atoms with van der Waals surface area (Å²) in [6, 6.07) is 0.511. The average Bonchev–Trinajstić information content (AvgIpc) is 2.55. The van der Waals surface area contributed by atoms with E-state index in [4.69, 9.17) is 0 Å². The van der Waals surface area contributed by atoms with Crippen LogP contribution < -0.4 is 5.32 Å². The molecule has 92 valence electrons. The van der Waals surface area contributed by atoms with Gasteiger partial charge in [0.1, 0.15) is 0 Å². The molecule has 0 aliphatic carbocycles. The van der Waals surface area contributed by atoms with Crippen LogP contribution in [0.1, 0.15) is 46.2 Å². The Hall–Kier alpha value is -0.990. The number of nitrogens with zero attached hydrogens (tertiary/aromatic N) is 2. The summed E-state index contributed by atoms with van der Waals surface area (Å²) in [7, 11) is 0. The van der Waals surface area contributed by atoms with E-state index in [0.29, 0.717) is 12.0 Å². The molecule has 0 bridgehead atoms. The maximum Gasteiger partial charge on any atom is 0.203 e. The molecular weight excluding hydrogens is 198 g/mol. The summed E-state index contributed by atoms with van der Waals surface area (Å²) in [5, 5.41) is 3.55. The number of anilines is 1. The lowest BCUT2D eigenvalue weighted by Crippen LogP contribution is -2.26. The standard InChI is InChI=1S/C13H25N3/c1-6-8-16-9-11(5)14-13(16)15-12(7-2)10(3)4/h9-10,12H,6-8H2,1-5H3,(H,14,15). The molecule has 1 aromatic rings. The first-order valence-electron chi connectivity index (χ1n) is 6.38. The normalized spacial score (nSPS) is 13.1. The van der Waals surface area contributed by atoms with E-state index >= 15 is 0 Å². The van der Waals surface area contributed by atoms with Gasteiger partial charge < -0.3 is 9.88 Å². The first-order valence-corrected chi connectivity index (χ1v) is 6.38. The second-order valence-electron chi connectivity index (χ2n) is 4.80. The van der Waals surface area contributed by atoms with Gasteiger partial charge >= 0.3 is 0 Å². The maximum atomic E-state index is 4.55. The van der Waals surface area contributed by atoms with Crippen LogP contribution in [0, 0.1) is 12.8 Å². The third-order valence-corrected chi connectivity index (χ3v) is 2.92. The molecule has 16 heavy (non-hydrogen) atoms. The van der Waals surface area contributed by atoms with Gasteiger partial charge in [0.25, 0.3) is 0 Å². The lowest BCUT2D eigenvalue weighted by molar-refractivity contribution is 0.503. The van der Waals surface area contributed by atoms with Crippen molar-refractivity contribution in [1.82, 2.24) is 9.55 Å². The summed E-state index contributed by atoms with van der Waals surface area (Å²) in [5.74, 6) is 1.66. The second-order valence-corrected chi connectivity index (χ2v) is 4.80. The van der Waals surface area contributed by atoms with Crippen LogP contribution in [0.4, 0.5) is 5.95 Å². The fourth-order valence-corrected chi connectivity index (χ4v) is 1.98. The van der Waals surface area contributed by atoms with E-state index in [-0.39, 0.29) is 0 Å². The fourth-order valence-electron chi connectivity index (χ4n) is 1.98. The number of nitrogens with one attached hydrogen (secondary N) is 1. The molecule has 3 nitrogen and oxygen atoms in total. The number of rotatable bonds is 6. The molecule has 3 heteroatoms. The zero-order valence-electron chi connectivity index (χ0n) is 11.2. The van der Waals surface area contributed by atoms with E-state index in [1.807, 2.05) is 6.92 Å². The van der Waals surface area contributed by atoms with Crippen LogP contribution >= 0.6 is 0 Å². The summed E-state index contributed by atoms with van der Waals surface area (Å²) >= 11 is 0. The van der Waals surface area contributed by atoms with Gasteiger partial charge in [0.2, 0.25) is 5.95 Å². The van der Waals surface area contributed by atoms with Crippen molar-refractivity contribution in [2.75, 3.05) is 5.32 Å². The zero-order chi connectivity index (χ0) is 12.1. The number of hydrogen-bond acceptors (Lipinski definition) is 2. The molecular formula is C13H25N3. The monoisotopic (exact) mass is 223 g/mol. The smallest absolute Gasteiger partial charge is 0.203 e. The van der Waals surface area contributed by atoms with Crippen molar-refractivity contribution in [3.63, 3.8) is 0 Å². The first kappa shape index (κ1) is 13.1. The summed E-state index contributed by atoms with van der Waals surface area (Å²) in [4.78, 5) is 4.55. The second kappa shape index (κ2) is 5.92. The fraction of sp³-hybridized carbons (Fsp3) is 0.769. The van der Waals surface area contributed by atoms with Crippen molar-refractivity contribution in [1.29, 1.82) is 0 Å². The topological polar surface area (TPSA) is 29.9 Å². The molecule has 0 aliphatic rings. The Balaban J connectivity index is 2.78.